The van der Waals surface area contributed by atoms with Crippen LogP contribution in [0.2, 0.25) is 0 Å². The molecule has 298 valence electrons. The third-order valence-corrected chi connectivity index (χ3v) is 14.7. The van der Waals surface area contributed by atoms with E-state index in [4.69, 9.17) is 0 Å². The number of benzene rings is 9. The summed E-state index contributed by atoms with van der Waals surface area (Å²) in [5, 5.41) is 14.8. The molecule has 0 fully saturated rings. The molecule has 13 rings (SSSR count). The van der Waals surface area contributed by atoms with Gasteiger partial charge in [0.15, 0.2) is 0 Å². The number of nitrogens with zero attached hydrogens (tertiary/aromatic N) is 2. The summed E-state index contributed by atoms with van der Waals surface area (Å²) in [6.07, 6.45) is 0. The van der Waals surface area contributed by atoms with E-state index in [1.54, 1.807) is 0 Å². The maximum absolute atomic E-state index is 4.00. The summed E-state index contributed by atoms with van der Waals surface area (Å²) < 4.78 is 7.40. The Morgan fingerprint density at radius 2 is 0.698 bits per heavy atom. The second kappa shape index (κ2) is 13.6. The molecule has 5 heteroatoms. The van der Waals surface area contributed by atoms with Gasteiger partial charge in [0.05, 0.1) is 22.1 Å². The molecule has 0 amide bonds. The van der Waals surface area contributed by atoms with Gasteiger partial charge in [-0.05, 0) is 107 Å². The SMILES string of the molecule is CC(C)(C)c1c2c3ccccc3c3ccccc3c3ccccc3n3c2c2c4c1c1ccccc1c1ccccc1c1ccccc1n4-c1cc(Br)ccc1B2c1ccc(Br)cc1-3. The fourth-order valence-corrected chi connectivity index (χ4v) is 12.2. The van der Waals surface area contributed by atoms with Crippen LogP contribution in [0.4, 0.5) is 0 Å². The largest absolute Gasteiger partial charge is 0.310 e. The minimum atomic E-state index is -0.335. The molecule has 0 bridgehead atoms. The average molecular weight is 935 g/mol. The summed E-state index contributed by atoms with van der Waals surface area (Å²) in [5.74, 6) is 0. The maximum Gasteiger partial charge on any atom is 0.252 e. The van der Waals surface area contributed by atoms with Gasteiger partial charge in [-0.25, -0.2) is 0 Å². The molecule has 0 unspecified atom stereocenters. The molecule has 2 aliphatic heterocycles. The van der Waals surface area contributed by atoms with E-state index in [9.17, 15) is 0 Å². The van der Waals surface area contributed by atoms with Crippen LogP contribution in [0.1, 0.15) is 26.3 Å². The Labute approximate surface area is 382 Å². The maximum atomic E-state index is 4.00. The van der Waals surface area contributed by atoms with Crippen molar-refractivity contribution in [1.29, 1.82) is 0 Å². The molecular formula is C58H39BBr2N2. The molecule has 0 radical (unpaired) electrons. The monoisotopic (exact) mass is 932 g/mol. The van der Waals surface area contributed by atoms with Crippen molar-refractivity contribution in [3.05, 3.63) is 196 Å². The van der Waals surface area contributed by atoms with E-state index in [0.29, 0.717) is 0 Å². The van der Waals surface area contributed by atoms with Crippen molar-refractivity contribution in [2.75, 3.05) is 0 Å². The van der Waals surface area contributed by atoms with Gasteiger partial charge in [-0.2, -0.15) is 0 Å². The second-order valence-electron chi connectivity index (χ2n) is 18.2. The number of fused-ring (bicyclic) bond motifs is 20. The Morgan fingerprint density at radius 3 is 1.08 bits per heavy atom. The van der Waals surface area contributed by atoms with Crippen molar-refractivity contribution in [1.82, 2.24) is 9.13 Å². The van der Waals surface area contributed by atoms with Crippen LogP contribution in [0.5, 0.6) is 0 Å². The topological polar surface area (TPSA) is 9.86 Å². The normalized spacial score (nSPS) is 12.8. The lowest BCUT2D eigenvalue weighted by Crippen LogP contribution is -2.59. The zero-order valence-electron chi connectivity index (χ0n) is 35.0. The number of hydrogen-bond donors (Lipinski definition) is 0. The van der Waals surface area contributed by atoms with Gasteiger partial charge in [-0.3, -0.25) is 0 Å². The van der Waals surface area contributed by atoms with Gasteiger partial charge in [0, 0.05) is 41.9 Å². The first kappa shape index (κ1) is 37.2. The number of hydrogen-bond acceptors (Lipinski definition) is 0. The Morgan fingerprint density at radius 1 is 0.381 bits per heavy atom. The summed E-state index contributed by atoms with van der Waals surface area (Å²) in [7, 11) is 0. The molecule has 0 spiro atoms. The minimum Gasteiger partial charge on any atom is -0.310 e. The van der Waals surface area contributed by atoms with Gasteiger partial charge in [0.25, 0.3) is 6.71 Å². The van der Waals surface area contributed by atoms with E-state index < -0.39 is 0 Å². The van der Waals surface area contributed by atoms with Crippen molar-refractivity contribution in [2.24, 2.45) is 0 Å². The Bertz CT molecular complexity index is 3750. The highest BCUT2D eigenvalue weighted by Gasteiger charge is 2.41. The molecular weight excluding hydrogens is 895 g/mol. The van der Waals surface area contributed by atoms with Crippen molar-refractivity contribution >= 4 is 142 Å². The molecule has 0 saturated carbocycles. The van der Waals surface area contributed by atoms with Gasteiger partial charge in [0.1, 0.15) is 0 Å². The molecule has 0 atom stereocenters. The molecule has 2 aromatic heterocycles. The van der Waals surface area contributed by atoms with Crippen LogP contribution < -0.4 is 16.4 Å². The van der Waals surface area contributed by atoms with E-state index in [-0.39, 0.29) is 12.1 Å². The Kier molecular flexibility index (Phi) is 8.00. The first-order valence-corrected chi connectivity index (χ1v) is 23.4. The predicted octanol–water partition coefficient (Wildman–Crippen LogP) is 14.7. The quantitative estimate of drug-likeness (QED) is 0.134. The lowest BCUT2D eigenvalue weighted by Gasteiger charge is -2.38. The minimum absolute atomic E-state index is 0.0786. The van der Waals surface area contributed by atoms with Crippen LogP contribution in [-0.4, -0.2) is 15.8 Å². The zero-order valence-corrected chi connectivity index (χ0v) is 38.2. The van der Waals surface area contributed by atoms with E-state index >= 15 is 0 Å². The standard InChI is InChI=1S/C58H39BBr2N2/c1-58(2,3)54-52-44-24-10-8-20-40(44)36-16-4-6-18-38(36)42-22-12-14-26-48(42)62-50-32-34(60)28-30-46(50)59-47-31-29-35(61)33-51(47)63-49-27-15-13-23-43(49)39-19-7-5-17-37(39)41-21-9-11-25-45(41)53(54)57(63)55(59)56(52)62/h4-33H,1-3H3. The van der Waals surface area contributed by atoms with Crippen LogP contribution in [0, 0.1) is 0 Å². The number of halogens is 2. The van der Waals surface area contributed by atoms with Gasteiger partial charge in [-0.15, -0.1) is 0 Å². The molecule has 0 saturated heterocycles. The smallest absolute Gasteiger partial charge is 0.252 e. The van der Waals surface area contributed by atoms with Crippen molar-refractivity contribution < 1.29 is 0 Å². The van der Waals surface area contributed by atoms with Crippen molar-refractivity contribution in [3.63, 3.8) is 0 Å². The Hall–Kier alpha value is -6.40. The van der Waals surface area contributed by atoms with E-state index in [0.717, 1.165) is 20.0 Å². The van der Waals surface area contributed by atoms with Crippen LogP contribution >= 0.6 is 31.9 Å². The highest BCUT2D eigenvalue weighted by Crippen LogP contribution is 2.47. The van der Waals surface area contributed by atoms with Crippen LogP contribution in [0.15, 0.2) is 191 Å². The molecule has 9 aromatic carbocycles. The van der Waals surface area contributed by atoms with Crippen molar-refractivity contribution in [2.45, 2.75) is 26.2 Å². The third kappa shape index (κ3) is 5.18. The molecule has 2 nitrogen and oxygen atoms in total. The van der Waals surface area contributed by atoms with Gasteiger partial charge >= 0.3 is 0 Å². The fourth-order valence-electron chi connectivity index (χ4n) is 11.5. The van der Waals surface area contributed by atoms with Crippen LogP contribution in [-0.2, 0) is 5.41 Å². The zero-order chi connectivity index (χ0) is 42.3. The van der Waals surface area contributed by atoms with Gasteiger partial charge in [0.2, 0.25) is 0 Å². The number of para-hydroxylation sites is 2. The lowest BCUT2D eigenvalue weighted by molar-refractivity contribution is 0.601. The summed E-state index contributed by atoms with van der Waals surface area (Å²) in [6, 6.07) is 68.6. The summed E-state index contributed by atoms with van der Waals surface area (Å²) in [5.41, 5.74) is 12.1. The highest BCUT2D eigenvalue weighted by molar-refractivity contribution is 9.10. The third-order valence-electron chi connectivity index (χ3n) is 13.8. The molecule has 11 aromatic rings. The predicted molar refractivity (Wildman–Crippen MR) is 279 cm³/mol. The second-order valence-corrected chi connectivity index (χ2v) is 20.0. The fraction of sp³-hybridized carbons (Fsp3) is 0.0690. The Balaban J connectivity index is 1.56. The molecule has 2 aliphatic rings. The summed E-state index contributed by atoms with van der Waals surface area (Å²) >= 11 is 8.00. The average Bonchev–Trinajstić information content (AvgIpc) is 3.38. The summed E-state index contributed by atoms with van der Waals surface area (Å²) in [6.45, 7) is 7.20. The van der Waals surface area contributed by atoms with Crippen LogP contribution in [0.3, 0.4) is 0 Å². The number of rotatable bonds is 0. The lowest BCUT2D eigenvalue weighted by atomic mass is 9.34. The van der Waals surface area contributed by atoms with E-state index in [1.165, 1.54) is 109 Å². The molecule has 0 N–H and O–H groups in total. The first-order chi connectivity index (χ1) is 30.8. The van der Waals surface area contributed by atoms with E-state index in [1.807, 2.05) is 0 Å². The summed E-state index contributed by atoms with van der Waals surface area (Å²) in [4.78, 5) is 0. The molecule has 4 heterocycles. The van der Waals surface area contributed by atoms with Gasteiger partial charge < -0.3 is 9.13 Å². The first-order valence-electron chi connectivity index (χ1n) is 21.8. The number of aromatic nitrogens is 2. The molecule has 63 heavy (non-hydrogen) atoms. The van der Waals surface area contributed by atoms with Crippen LogP contribution in [0.25, 0.3) is 98.1 Å². The highest BCUT2D eigenvalue weighted by atomic mass is 79.9. The molecule has 0 aliphatic carbocycles. The van der Waals surface area contributed by atoms with E-state index in [2.05, 4.69) is 244 Å². The van der Waals surface area contributed by atoms with Crippen molar-refractivity contribution in [3.8, 4) is 11.4 Å². The van der Waals surface area contributed by atoms with Gasteiger partial charge in [-0.1, -0.05) is 198 Å².